The zero-order valence-electron chi connectivity index (χ0n) is 12.9. The molecule has 1 aromatic carbocycles. The van der Waals surface area contributed by atoms with Crippen LogP contribution in [0.5, 0.6) is 0 Å². The van der Waals surface area contributed by atoms with Crippen molar-refractivity contribution in [2.75, 3.05) is 11.4 Å². The summed E-state index contributed by atoms with van der Waals surface area (Å²) in [7, 11) is 0. The lowest BCUT2D eigenvalue weighted by atomic mass is 9.96. The van der Waals surface area contributed by atoms with Gasteiger partial charge in [-0.05, 0) is 42.4 Å². The van der Waals surface area contributed by atoms with Crippen LogP contribution in [-0.2, 0) is 17.6 Å². The molecule has 3 nitrogen and oxygen atoms in total. The predicted octanol–water partition coefficient (Wildman–Crippen LogP) is 2.90. The first-order chi connectivity index (χ1) is 9.52. The molecule has 0 saturated carbocycles. The van der Waals surface area contributed by atoms with Crippen LogP contribution in [0.4, 0.5) is 5.69 Å². The Hall–Kier alpha value is -1.35. The normalized spacial score (nSPS) is 15.6. The summed E-state index contributed by atoms with van der Waals surface area (Å²) in [5.74, 6) is 0.740. The molecule has 2 rings (SSSR count). The van der Waals surface area contributed by atoms with Crippen LogP contribution in [0.25, 0.3) is 0 Å². The first-order valence-electron chi connectivity index (χ1n) is 7.70. The van der Waals surface area contributed by atoms with Crippen molar-refractivity contribution in [1.29, 1.82) is 0 Å². The van der Waals surface area contributed by atoms with E-state index in [2.05, 4.69) is 32.0 Å². The first kappa shape index (κ1) is 15.0. The van der Waals surface area contributed by atoms with Crippen molar-refractivity contribution in [3.8, 4) is 0 Å². The maximum atomic E-state index is 12.1. The SMILES string of the molecule is CCCC(=O)N1CCc2cc(CC(N)C(C)C)ccc21. The van der Waals surface area contributed by atoms with Crippen molar-refractivity contribution in [3.63, 3.8) is 0 Å². The van der Waals surface area contributed by atoms with Gasteiger partial charge in [0, 0.05) is 24.7 Å². The fourth-order valence-electron chi connectivity index (χ4n) is 2.70. The quantitative estimate of drug-likeness (QED) is 0.897. The average molecular weight is 274 g/mol. The molecule has 20 heavy (non-hydrogen) atoms. The first-order valence-corrected chi connectivity index (χ1v) is 7.70. The highest BCUT2D eigenvalue weighted by atomic mass is 16.2. The maximum absolute atomic E-state index is 12.1. The molecule has 110 valence electrons. The van der Waals surface area contributed by atoms with Crippen LogP contribution in [0.1, 0.15) is 44.7 Å². The minimum absolute atomic E-state index is 0.201. The Morgan fingerprint density at radius 3 is 2.80 bits per heavy atom. The van der Waals surface area contributed by atoms with E-state index in [9.17, 15) is 4.79 Å². The minimum Gasteiger partial charge on any atom is -0.327 e. The topological polar surface area (TPSA) is 46.3 Å². The molecule has 0 spiro atoms. The van der Waals surface area contributed by atoms with Crippen LogP contribution in [0, 0.1) is 5.92 Å². The van der Waals surface area contributed by atoms with E-state index in [-0.39, 0.29) is 11.9 Å². The van der Waals surface area contributed by atoms with Crippen molar-refractivity contribution in [3.05, 3.63) is 29.3 Å². The maximum Gasteiger partial charge on any atom is 0.226 e. The Kier molecular flexibility index (Phi) is 4.81. The molecule has 0 radical (unpaired) electrons. The minimum atomic E-state index is 0.201. The lowest BCUT2D eigenvalue weighted by Crippen LogP contribution is -2.29. The summed E-state index contributed by atoms with van der Waals surface area (Å²) in [6.45, 7) is 7.19. The zero-order chi connectivity index (χ0) is 14.7. The van der Waals surface area contributed by atoms with Gasteiger partial charge in [-0.3, -0.25) is 4.79 Å². The third-order valence-corrected chi connectivity index (χ3v) is 4.13. The molecular formula is C17H26N2O. The van der Waals surface area contributed by atoms with Crippen molar-refractivity contribution >= 4 is 11.6 Å². The van der Waals surface area contributed by atoms with E-state index < -0.39 is 0 Å². The number of nitrogens with zero attached hydrogens (tertiary/aromatic N) is 1. The van der Waals surface area contributed by atoms with Crippen molar-refractivity contribution < 1.29 is 4.79 Å². The molecule has 0 bridgehead atoms. The van der Waals surface area contributed by atoms with Crippen LogP contribution in [0.15, 0.2) is 18.2 Å². The molecule has 1 unspecified atom stereocenters. The molecule has 1 amide bonds. The number of amides is 1. The lowest BCUT2D eigenvalue weighted by molar-refractivity contribution is -0.118. The molecular weight excluding hydrogens is 248 g/mol. The second-order valence-corrected chi connectivity index (χ2v) is 6.12. The smallest absolute Gasteiger partial charge is 0.226 e. The Balaban J connectivity index is 2.12. The van der Waals surface area contributed by atoms with Crippen LogP contribution in [0.3, 0.4) is 0 Å². The highest BCUT2D eigenvalue weighted by Gasteiger charge is 2.24. The number of hydrogen-bond acceptors (Lipinski definition) is 2. The molecule has 0 aromatic heterocycles. The fraction of sp³-hybridized carbons (Fsp3) is 0.588. The van der Waals surface area contributed by atoms with E-state index in [1.54, 1.807) is 0 Å². The molecule has 1 aliphatic heterocycles. The molecule has 1 aliphatic rings. The van der Waals surface area contributed by atoms with Gasteiger partial charge in [0.05, 0.1) is 0 Å². The fourth-order valence-corrected chi connectivity index (χ4v) is 2.70. The largest absolute Gasteiger partial charge is 0.327 e. The van der Waals surface area contributed by atoms with Crippen LogP contribution in [-0.4, -0.2) is 18.5 Å². The Morgan fingerprint density at radius 2 is 2.15 bits per heavy atom. The summed E-state index contributed by atoms with van der Waals surface area (Å²) >= 11 is 0. The Morgan fingerprint density at radius 1 is 1.40 bits per heavy atom. The summed E-state index contributed by atoms with van der Waals surface area (Å²) in [4.78, 5) is 14.0. The Labute approximate surface area is 122 Å². The van der Waals surface area contributed by atoms with Crippen molar-refractivity contribution in [2.24, 2.45) is 11.7 Å². The number of nitrogens with two attached hydrogens (primary N) is 1. The molecule has 0 fully saturated rings. The van der Waals surface area contributed by atoms with Gasteiger partial charge in [0.15, 0.2) is 0 Å². The van der Waals surface area contributed by atoms with Gasteiger partial charge in [0.1, 0.15) is 0 Å². The van der Waals surface area contributed by atoms with Gasteiger partial charge in [-0.1, -0.05) is 32.9 Å². The number of benzene rings is 1. The van der Waals surface area contributed by atoms with Gasteiger partial charge < -0.3 is 10.6 Å². The number of fused-ring (bicyclic) bond motifs is 1. The predicted molar refractivity (Wildman–Crippen MR) is 83.9 cm³/mol. The van der Waals surface area contributed by atoms with E-state index in [1.165, 1.54) is 11.1 Å². The monoisotopic (exact) mass is 274 g/mol. The van der Waals surface area contributed by atoms with Gasteiger partial charge in [-0.2, -0.15) is 0 Å². The van der Waals surface area contributed by atoms with E-state index >= 15 is 0 Å². The lowest BCUT2D eigenvalue weighted by Gasteiger charge is -2.18. The van der Waals surface area contributed by atoms with E-state index in [4.69, 9.17) is 5.73 Å². The molecule has 0 saturated heterocycles. The highest BCUT2D eigenvalue weighted by molar-refractivity contribution is 5.95. The average Bonchev–Trinajstić information content (AvgIpc) is 2.81. The number of carbonyl (C=O) groups excluding carboxylic acids is 1. The second kappa shape index (κ2) is 6.40. The van der Waals surface area contributed by atoms with Gasteiger partial charge in [-0.25, -0.2) is 0 Å². The van der Waals surface area contributed by atoms with Gasteiger partial charge in [0.2, 0.25) is 5.91 Å². The zero-order valence-corrected chi connectivity index (χ0v) is 12.9. The van der Waals surface area contributed by atoms with E-state index in [1.807, 2.05) is 11.8 Å². The van der Waals surface area contributed by atoms with E-state index in [0.29, 0.717) is 12.3 Å². The number of carbonyl (C=O) groups is 1. The third-order valence-electron chi connectivity index (χ3n) is 4.13. The van der Waals surface area contributed by atoms with E-state index in [0.717, 1.165) is 31.5 Å². The molecule has 3 heteroatoms. The highest BCUT2D eigenvalue weighted by Crippen LogP contribution is 2.30. The van der Waals surface area contributed by atoms with Crippen molar-refractivity contribution in [2.45, 2.75) is 52.5 Å². The number of rotatable bonds is 5. The van der Waals surface area contributed by atoms with Crippen molar-refractivity contribution in [1.82, 2.24) is 0 Å². The molecule has 2 N–H and O–H groups in total. The summed E-state index contributed by atoms with van der Waals surface area (Å²) in [5.41, 5.74) is 9.83. The number of anilines is 1. The standard InChI is InChI=1S/C17H26N2O/c1-4-5-17(20)19-9-8-14-10-13(6-7-16(14)19)11-15(18)12(2)3/h6-7,10,12,15H,4-5,8-9,11,18H2,1-3H3. The Bertz CT molecular complexity index is 482. The second-order valence-electron chi connectivity index (χ2n) is 6.12. The summed E-state index contributed by atoms with van der Waals surface area (Å²) in [6, 6.07) is 6.65. The van der Waals surface area contributed by atoms with Gasteiger partial charge in [-0.15, -0.1) is 0 Å². The summed E-state index contributed by atoms with van der Waals surface area (Å²) in [6.07, 6.45) is 3.43. The molecule has 1 heterocycles. The van der Waals surface area contributed by atoms with Crippen LogP contribution >= 0.6 is 0 Å². The van der Waals surface area contributed by atoms with Crippen LogP contribution in [0.2, 0.25) is 0 Å². The van der Waals surface area contributed by atoms with Gasteiger partial charge in [0.25, 0.3) is 0 Å². The van der Waals surface area contributed by atoms with Crippen LogP contribution < -0.4 is 10.6 Å². The molecule has 1 atom stereocenters. The summed E-state index contributed by atoms with van der Waals surface area (Å²) in [5, 5.41) is 0. The molecule has 1 aromatic rings. The third kappa shape index (κ3) is 3.21. The molecule has 0 aliphatic carbocycles. The number of hydrogen-bond donors (Lipinski definition) is 1. The summed E-state index contributed by atoms with van der Waals surface area (Å²) < 4.78 is 0. The van der Waals surface area contributed by atoms with Gasteiger partial charge >= 0.3 is 0 Å².